The van der Waals surface area contributed by atoms with E-state index in [0.29, 0.717) is 0 Å². The van der Waals surface area contributed by atoms with Gasteiger partial charge < -0.3 is 4.74 Å². The van der Waals surface area contributed by atoms with E-state index >= 15 is 0 Å². The van der Waals surface area contributed by atoms with Crippen LogP contribution in [0.1, 0.15) is 20.8 Å². The first kappa shape index (κ1) is 17.3. The van der Waals surface area contributed by atoms with Crippen LogP contribution >= 0.6 is 0 Å². The quantitative estimate of drug-likeness (QED) is 0.705. The maximum absolute atomic E-state index is 12.7. The van der Waals surface area contributed by atoms with E-state index < -0.39 is 29.7 Å². The molecule has 0 heterocycles. The summed E-state index contributed by atoms with van der Waals surface area (Å²) in [6.45, 7) is 0.593. The molecule has 0 aromatic heterocycles. The molecule has 0 fully saturated rings. The summed E-state index contributed by atoms with van der Waals surface area (Å²) in [4.78, 5) is 0. The SMILES string of the molecule is CC(F)(F)C(C)(C)OC(F)(F)C(F)(F)C(F)(F)F. The van der Waals surface area contributed by atoms with Crippen molar-refractivity contribution in [1.29, 1.82) is 0 Å². The van der Waals surface area contributed by atoms with Crippen LogP contribution in [0.25, 0.3) is 0 Å². The highest BCUT2D eigenvalue weighted by Crippen LogP contribution is 2.49. The smallest absolute Gasteiger partial charge is 0.303 e. The second-order valence-corrected chi connectivity index (χ2v) is 4.09. The molecule has 0 rings (SSSR count). The van der Waals surface area contributed by atoms with Gasteiger partial charge in [-0.1, -0.05) is 0 Å². The predicted molar refractivity (Wildman–Crippen MR) is 41.7 cm³/mol. The van der Waals surface area contributed by atoms with Gasteiger partial charge in [-0.3, -0.25) is 0 Å². The lowest BCUT2D eigenvalue weighted by Gasteiger charge is -2.37. The summed E-state index contributed by atoms with van der Waals surface area (Å²) in [6.07, 6.45) is -12.7. The molecule has 1 nitrogen and oxygen atoms in total. The topological polar surface area (TPSA) is 9.23 Å². The lowest BCUT2D eigenvalue weighted by Crippen LogP contribution is -2.58. The largest absolute Gasteiger partial charge is 0.462 e. The molecule has 0 aliphatic carbocycles. The zero-order valence-electron chi connectivity index (χ0n) is 9.31. The number of hydrogen-bond acceptors (Lipinski definition) is 1. The molecule has 0 saturated heterocycles. The minimum Gasteiger partial charge on any atom is -0.303 e. The molecule has 0 atom stereocenters. The average Bonchev–Trinajstić information content (AvgIpc) is 1.96. The van der Waals surface area contributed by atoms with Crippen molar-refractivity contribution in [3.63, 3.8) is 0 Å². The molecule has 0 saturated carbocycles. The van der Waals surface area contributed by atoms with Gasteiger partial charge in [0, 0.05) is 6.92 Å². The number of rotatable bonds is 4. The van der Waals surface area contributed by atoms with Crippen LogP contribution in [0.3, 0.4) is 0 Å². The van der Waals surface area contributed by atoms with Crippen molar-refractivity contribution in [2.75, 3.05) is 0 Å². The van der Waals surface area contributed by atoms with Gasteiger partial charge in [0.05, 0.1) is 0 Å². The molecule has 0 amide bonds. The standard InChI is InChI=1S/C8H9F9O/c1-4(2,5(3,9)10)18-8(16,17)6(11,12)7(13,14)15/h1-3H3. The molecule has 0 N–H and O–H groups in total. The van der Waals surface area contributed by atoms with Crippen molar-refractivity contribution >= 4 is 0 Å². The Bertz CT molecular complexity index is 299. The van der Waals surface area contributed by atoms with Crippen LogP contribution in [-0.4, -0.2) is 29.7 Å². The molecule has 110 valence electrons. The molecule has 0 unspecified atom stereocenters. The van der Waals surface area contributed by atoms with Gasteiger partial charge in [-0.05, 0) is 13.8 Å². The molecular weight excluding hydrogens is 283 g/mol. The Morgan fingerprint density at radius 2 is 1.00 bits per heavy atom. The van der Waals surface area contributed by atoms with Gasteiger partial charge in [0.25, 0.3) is 5.92 Å². The molecule has 0 aromatic carbocycles. The Kier molecular flexibility index (Phi) is 4.02. The van der Waals surface area contributed by atoms with Crippen LogP contribution in [0.2, 0.25) is 0 Å². The minimum atomic E-state index is -6.63. The highest BCUT2D eigenvalue weighted by Gasteiger charge is 2.76. The Hall–Kier alpha value is -0.670. The molecule has 0 aliphatic rings. The lowest BCUT2D eigenvalue weighted by molar-refractivity contribution is -0.451. The van der Waals surface area contributed by atoms with E-state index in [1.54, 1.807) is 0 Å². The second kappa shape index (κ2) is 4.17. The van der Waals surface area contributed by atoms with Gasteiger partial charge >= 0.3 is 18.2 Å². The number of ether oxygens (including phenoxy) is 1. The van der Waals surface area contributed by atoms with Gasteiger partial charge in [0.2, 0.25) is 0 Å². The maximum Gasteiger partial charge on any atom is 0.462 e. The van der Waals surface area contributed by atoms with Crippen molar-refractivity contribution in [1.82, 2.24) is 0 Å². The molecule has 0 bridgehead atoms. The highest BCUT2D eigenvalue weighted by molar-refractivity contribution is 4.91. The van der Waals surface area contributed by atoms with Crippen molar-refractivity contribution in [3.8, 4) is 0 Å². The van der Waals surface area contributed by atoms with E-state index in [9.17, 15) is 39.5 Å². The first-order chi connectivity index (χ1) is 7.46. The molecule has 0 aliphatic heterocycles. The van der Waals surface area contributed by atoms with E-state index in [1.807, 2.05) is 0 Å². The van der Waals surface area contributed by atoms with Crippen LogP contribution in [0, 0.1) is 0 Å². The summed E-state index contributed by atoms with van der Waals surface area (Å²) in [5.41, 5.74) is -3.22. The monoisotopic (exact) mass is 292 g/mol. The van der Waals surface area contributed by atoms with Crippen molar-refractivity contribution in [2.45, 2.75) is 50.5 Å². The summed E-state index contributed by atoms with van der Waals surface area (Å²) in [6, 6.07) is 0. The van der Waals surface area contributed by atoms with Crippen LogP contribution < -0.4 is 0 Å². The van der Waals surface area contributed by atoms with Crippen molar-refractivity contribution in [2.24, 2.45) is 0 Å². The fourth-order valence-corrected chi connectivity index (χ4v) is 0.639. The Morgan fingerprint density at radius 1 is 0.667 bits per heavy atom. The highest BCUT2D eigenvalue weighted by atomic mass is 19.4. The van der Waals surface area contributed by atoms with Crippen molar-refractivity contribution in [3.05, 3.63) is 0 Å². The molecule has 0 aromatic rings. The third-order valence-corrected chi connectivity index (χ3v) is 2.16. The summed E-state index contributed by atoms with van der Waals surface area (Å²) in [5, 5.41) is 0. The summed E-state index contributed by atoms with van der Waals surface area (Å²) in [5.74, 6) is -10.6. The molecule has 10 heteroatoms. The van der Waals surface area contributed by atoms with Crippen LogP contribution in [-0.2, 0) is 4.74 Å². The van der Waals surface area contributed by atoms with E-state index in [-0.39, 0.29) is 20.8 Å². The third-order valence-electron chi connectivity index (χ3n) is 2.16. The summed E-state index contributed by atoms with van der Waals surface area (Å²) < 4.78 is 114. The van der Waals surface area contributed by atoms with Gasteiger partial charge in [0.1, 0.15) is 5.60 Å². The van der Waals surface area contributed by atoms with Gasteiger partial charge in [-0.15, -0.1) is 0 Å². The zero-order chi connectivity index (χ0) is 15.2. The Labute approximate surface area is 95.9 Å². The number of hydrogen-bond donors (Lipinski definition) is 0. The molecule has 0 radical (unpaired) electrons. The van der Waals surface area contributed by atoms with Crippen molar-refractivity contribution < 1.29 is 44.3 Å². The normalized spacial score (nSPS) is 16.0. The fraction of sp³-hybridized carbons (Fsp3) is 1.00. The molecule has 18 heavy (non-hydrogen) atoms. The van der Waals surface area contributed by atoms with Gasteiger partial charge in [0.15, 0.2) is 0 Å². The summed E-state index contributed by atoms with van der Waals surface area (Å²) in [7, 11) is 0. The average molecular weight is 292 g/mol. The zero-order valence-corrected chi connectivity index (χ0v) is 9.31. The second-order valence-electron chi connectivity index (χ2n) is 4.09. The Balaban J connectivity index is 5.33. The minimum absolute atomic E-state index is 0.0504. The van der Waals surface area contributed by atoms with Crippen LogP contribution in [0.4, 0.5) is 39.5 Å². The maximum atomic E-state index is 12.7. The van der Waals surface area contributed by atoms with E-state index in [1.165, 1.54) is 0 Å². The van der Waals surface area contributed by atoms with Gasteiger partial charge in [-0.25, -0.2) is 8.78 Å². The number of alkyl halides is 9. The third kappa shape index (κ3) is 3.01. The number of halogens is 9. The first-order valence-corrected chi connectivity index (χ1v) is 4.36. The molecule has 0 spiro atoms. The molecular formula is C8H9F9O. The van der Waals surface area contributed by atoms with E-state index in [4.69, 9.17) is 0 Å². The van der Waals surface area contributed by atoms with Gasteiger partial charge in [-0.2, -0.15) is 30.7 Å². The van der Waals surface area contributed by atoms with E-state index in [2.05, 4.69) is 4.74 Å². The van der Waals surface area contributed by atoms with Crippen LogP contribution in [0.15, 0.2) is 0 Å². The van der Waals surface area contributed by atoms with Crippen LogP contribution in [0.5, 0.6) is 0 Å². The van der Waals surface area contributed by atoms with E-state index in [0.717, 1.165) is 0 Å². The fourth-order valence-electron chi connectivity index (χ4n) is 0.639. The predicted octanol–water partition coefficient (Wildman–Crippen LogP) is 4.23. The first-order valence-electron chi connectivity index (χ1n) is 4.36. The Morgan fingerprint density at radius 3 is 1.22 bits per heavy atom. The lowest BCUT2D eigenvalue weighted by atomic mass is 10.0. The summed E-state index contributed by atoms with van der Waals surface area (Å²) >= 11 is 0.